The van der Waals surface area contributed by atoms with Crippen LogP contribution in [-0.4, -0.2) is 22.5 Å². The van der Waals surface area contributed by atoms with Gasteiger partial charge in [-0.3, -0.25) is 0 Å². The molecule has 0 aliphatic heterocycles. The summed E-state index contributed by atoms with van der Waals surface area (Å²) >= 11 is 22.8. The standard InChI is InChI=1S/C11H5Cl2F3N4O.C7H4Cl2F3NO/c12-7-2-6(21-11(14,15)16)3-8(13)10(7)20-9(18)1-5(4-17)19-20;8-4-1-3(14-7(10,11)12)2-5(9)6(4)13/h1-3H,18H2;1-2H,13H2. The minimum absolute atomic E-state index is 0.00949. The van der Waals surface area contributed by atoms with Crippen molar-refractivity contribution in [1.82, 2.24) is 9.78 Å². The Morgan fingerprint density at radius 3 is 1.51 bits per heavy atom. The van der Waals surface area contributed by atoms with Gasteiger partial charge in [0.1, 0.15) is 29.1 Å². The van der Waals surface area contributed by atoms with Gasteiger partial charge in [-0.25, -0.2) is 4.68 Å². The third kappa shape index (κ3) is 8.07. The van der Waals surface area contributed by atoms with Crippen LogP contribution in [0.2, 0.25) is 20.1 Å². The molecule has 0 bridgehead atoms. The van der Waals surface area contributed by atoms with Gasteiger partial charge in [0.25, 0.3) is 0 Å². The minimum Gasteiger partial charge on any atom is -0.406 e. The molecule has 0 spiro atoms. The summed E-state index contributed by atoms with van der Waals surface area (Å²) in [5.41, 5.74) is 11.0. The van der Waals surface area contributed by atoms with Crippen LogP contribution < -0.4 is 20.9 Å². The van der Waals surface area contributed by atoms with Gasteiger partial charge in [0.15, 0.2) is 5.69 Å². The molecule has 0 amide bonds. The molecule has 1 heterocycles. The van der Waals surface area contributed by atoms with Gasteiger partial charge in [-0.1, -0.05) is 46.4 Å². The molecule has 3 rings (SSSR count). The Balaban J connectivity index is 0.000000269. The summed E-state index contributed by atoms with van der Waals surface area (Å²) in [6.07, 6.45) is -9.64. The van der Waals surface area contributed by atoms with Gasteiger partial charge in [-0.05, 0) is 0 Å². The van der Waals surface area contributed by atoms with Crippen LogP contribution in [0, 0.1) is 11.3 Å². The SMILES string of the molecule is N#Cc1cc(N)n(-c2c(Cl)cc(OC(F)(F)F)cc2Cl)n1.Nc1c(Cl)cc(OC(F)(F)F)cc1Cl. The Labute approximate surface area is 212 Å². The van der Waals surface area contributed by atoms with Crippen LogP contribution in [0.4, 0.5) is 37.8 Å². The number of anilines is 2. The molecule has 17 heteroatoms. The number of nitriles is 1. The van der Waals surface area contributed by atoms with Crippen molar-refractivity contribution in [3.63, 3.8) is 0 Å². The zero-order valence-electron chi connectivity index (χ0n) is 16.5. The van der Waals surface area contributed by atoms with Gasteiger partial charge >= 0.3 is 12.7 Å². The predicted molar refractivity (Wildman–Crippen MR) is 117 cm³/mol. The first-order valence-corrected chi connectivity index (χ1v) is 10.0. The Morgan fingerprint density at radius 1 is 0.771 bits per heavy atom. The van der Waals surface area contributed by atoms with Gasteiger partial charge in [-0.15, -0.1) is 26.3 Å². The van der Waals surface area contributed by atoms with Gasteiger partial charge < -0.3 is 20.9 Å². The van der Waals surface area contributed by atoms with E-state index in [1.807, 2.05) is 0 Å². The lowest BCUT2D eigenvalue weighted by molar-refractivity contribution is -0.275. The highest BCUT2D eigenvalue weighted by Crippen LogP contribution is 2.36. The molecular weight excluding hydrogens is 574 g/mol. The number of hydrogen-bond donors (Lipinski definition) is 2. The second-order valence-corrected chi connectivity index (χ2v) is 7.74. The van der Waals surface area contributed by atoms with Gasteiger partial charge in [0.2, 0.25) is 0 Å². The molecule has 0 unspecified atom stereocenters. The maximum atomic E-state index is 12.2. The topological polar surface area (TPSA) is 112 Å². The average molecular weight is 583 g/mol. The summed E-state index contributed by atoms with van der Waals surface area (Å²) in [5.74, 6) is -1.02. The van der Waals surface area contributed by atoms with Crippen molar-refractivity contribution in [2.45, 2.75) is 12.7 Å². The minimum atomic E-state index is -4.87. The molecule has 0 radical (unpaired) electrons. The molecule has 0 atom stereocenters. The fourth-order valence-electron chi connectivity index (χ4n) is 2.32. The van der Waals surface area contributed by atoms with Crippen LogP contribution in [0.5, 0.6) is 11.5 Å². The van der Waals surface area contributed by atoms with Crippen molar-refractivity contribution in [3.05, 3.63) is 56.1 Å². The molecule has 35 heavy (non-hydrogen) atoms. The van der Waals surface area contributed by atoms with Crippen LogP contribution in [0.25, 0.3) is 5.69 Å². The largest absolute Gasteiger partial charge is 0.573 e. The number of alkyl halides is 6. The summed E-state index contributed by atoms with van der Waals surface area (Å²) in [6.45, 7) is 0. The van der Waals surface area contributed by atoms with E-state index in [1.54, 1.807) is 6.07 Å². The van der Waals surface area contributed by atoms with E-state index < -0.39 is 24.2 Å². The molecule has 0 saturated carbocycles. The van der Waals surface area contributed by atoms with Crippen molar-refractivity contribution in [2.75, 3.05) is 11.5 Å². The van der Waals surface area contributed by atoms with Crippen molar-refractivity contribution in [3.8, 4) is 23.3 Å². The summed E-state index contributed by atoms with van der Waals surface area (Å²) in [7, 11) is 0. The van der Waals surface area contributed by atoms with Crippen LogP contribution in [-0.2, 0) is 0 Å². The third-order valence-corrected chi connectivity index (χ3v) is 4.78. The molecule has 188 valence electrons. The van der Waals surface area contributed by atoms with E-state index in [1.165, 1.54) is 6.07 Å². The van der Waals surface area contributed by atoms with Gasteiger partial charge in [0.05, 0.1) is 25.8 Å². The number of hydrogen-bond acceptors (Lipinski definition) is 6. The van der Waals surface area contributed by atoms with Crippen molar-refractivity contribution in [1.29, 1.82) is 5.26 Å². The van der Waals surface area contributed by atoms with E-state index in [9.17, 15) is 26.3 Å². The molecule has 0 fully saturated rings. The highest BCUT2D eigenvalue weighted by atomic mass is 35.5. The molecular formula is C18H9Cl4F6N5O2. The number of rotatable bonds is 3. The van der Waals surface area contributed by atoms with Crippen LogP contribution in [0.3, 0.4) is 0 Å². The van der Waals surface area contributed by atoms with Crippen LogP contribution in [0.1, 0.15) is 5.69 Å². The maximum absolute atomic E-state index is 12.2. The van der Waals surface area contributed by atoms with Crippen molar-refractivity contribution >= 4 is 57.9 Å². The normalized spacial score (nSPS) is 11.3. The molecule has 1 aromatic heterocycles. The second kappa shape index (κ2) is 10.8. The van der Waals surface area contributed by atoms with E-state index in [0.29, 0.717) is 0 Å². The first-order valence-electron chi connectivity index (χ1n) is 8.51. The number of nitrogens with two attached hydrogens (primary N) is 2. The molecule has 0 aliphatic carbocycles. The molecule has 4 N–H and O–H groups in total. The lowest BCUT2D eigenvalue weighted by atomic mass is 10.3. The average Bonchev–Trinajstić information content (AvgIpc) is 3.04. The third-order valence-electron chi connectivity index (χ3n) is 3.57. The quantitative estimate of drug-likeness (QED) is 0.254. The fraction of sp³-hybridized carbons (Fsp3) is 0.111. The summed E-state index contributed by atoms with van der Waals surface area (Å²) in [5, 5.41) is 12.1. The van der Waals surface area contributed by atoms with Crippen LogP contribution in [0.15, 0.2) is 30.3 Å². The van der Waals surface area contributed by atoms with E-state index in [-0.39, 0.29) is 43.0 Å². The van der Waals surface area contributed by atoms with E-state index in [0.717, 1.165) is 28.9 Å². The molecule has 3 aromatic rings. The van der Waals surface area contributed by atoms with Gasteiger partial charge in [0, 0.05) is 30.3 Å². The Bertz CT molecular complexity index is 1230. The number of benzene rings is 2. The summed E-state index contributed by atoms with van der Waals surface area (Å²) < 4.78 is 80.2. The summed E-state index contributed by atoms with van der Waals surface area (Å²) in [4.78, 5) is 0. The molecule has 0 aliphatic rings. The first kappa shape index (κ1) is 28.3. The highest BCUT2D eigenvalue weighted by Gasteiger charge is 2.32. The maximum Gasteiger partial charge on any atom is 0.573 e. The van der Waals surface area contributed by atoms with E-state index in [2.05, 4.69) is 14.6 Å². The smallest absolute Gasteiger partial charge is 0.406 e. The predicted octanol–water partition coefficient (Wildman–Crippen LogP) is 7.01. The lowest BCUT2D eigenvalue weighted by Gasteiger charge is -2.13. The molecule has 7 nitrogen and oxygen atoms in total. The monoisotopic (exact) mass is 581 g/mol. The number of nitrogen functional groups attached to an aromatic ring is 2. The Hall–Kier alpha value is -2.92. The van der Waals surface area contributed by atoms with E-state index in [4.69, 9.17) is 63.1 Å². The Kier molecular flexibility index (Phi) is 8.72. The van der Waals surface area contributed by atoms with Crippen LogP contribution >= 0.6 is 46.4 Å². The summed E-state index contributed by atoms with van der Waals surface area (Å²) in [6, 6.07) is 6.76. The first-order chi connectivity index (χ1) is 16.0. The number of aromatic nitrogens is 2. The van der Waals surface area contributed by atoms with Crippen molar-refractivity contribution < 1.29 is 35.8 Å². The highest BCUT2D eigenvalue weighted by molar-refractivity contribution is 6.39. The second-order valence-electron chi connectivity index (χ2n) is 6.11. The zero-order chi connectivity index (χ0) is 26.7. The van der Waals surface area contributed by atoms with Crippen molar-refractivity contribution in [2.24, 2.45) is 0 Å². The molecule has 2 aromatic carbocycles. The van der Waals surface area contributed by atoms with Gasteiger partial charge in [-0.2, -0.15) is 10.4 Å². The lowest BCUT2D eigenvalue weighted by Crippen LogP contribution is -2.17. The van der Waals surface area contributed by atoms with E-state index >= 15 is 0 Å². The zero-order valence-corrected chi connectivity index (χ0v) is 19.5. The fourth-order valence-corrected chi connectivity index (χ4v) is 3.41. The molecule has 0 saturated heterocycles. The number of ether oxygens (including phenoxy) is 2. The number of halogens is 10. The number of nitrogens with zero attached hydrogens (tertiary/aromatic N) is 3. The Morgan fingerprint density at radius 2 is 1.17 bits per heavy atom.